The standard InChI is InChI=1S/C27H27F4NO2S/c28-19-4-7-21-24(15-19)35-23-8-3-18(27(29,30)31)14-22(23)26(21)17-9-11-32(12-10-17)25(34)13-16-1-5-20(33)6-2-16/h3-4,7-8,14-16,20,33H,1-2,5-6,9-13H2. The van der Waals surface area contributed by atoms with E-state index in [1.165, 1.54) is 36.0 Å². The summed E-state index contributed by atoms with van der Waals surface area (Å²) in [4.78, 5) is 16.1. The number of nitrogens with zero attached hydrogens (tertiary/aromatic N) is 1. The van der Waals surface area contributed by atoms with Gasteiger partial charge in [-0.2, -0.15) is 13.2 Å². The minimum atomic E-state index is -4.45. The Balaban J connectivity index is 1.41. The maximum Gasteiger partial charge on any atom is 0.416 e. The van der Waals surface area contributed by atoms with Gasteiger partial charge in [-0.25, -0.2) is 4.39 Å². The molecule has 2 fully saturated rings. The zero-order valence-corrected chi connectivity index (χ0v) is 20.0. The minimum absolute atomic E-state index is 0.108. The minimum Gasteiger partial charge on any atom is -0.393 e. The SMILES string of the molecule is O=C(CC1CCC(O)CC1)N1CCC(=C2c3ccc(F)cc3Sc3ccc(C(F)(F)F)cc32)CC1. The number of carbonyl (C=O) groups is 1. The number of fused-ring (bicyclic) bond motifs is 2. The second kappa shape index (κ2) is 9.62. The molecule has 2 aliphatic heterocycles. The van der Waals surface area contributed by atoms with Gasteiger partial charge >= 0.3 is 6.18 Å². The highest BCUT2D eigenvalue weighted by Crippen LogP contribution is 2.49. The first-order valence-electron chi connectivity index (χ1n) is 12.1. The van der Waals surface area contributed by atoms with Crippen LogP contribution in [0.2, 0.25) is 0 Å². The van der Waals surface area contributed by atoms with Gasteiger partial charge in [0.05, 0.1) is 11.7 Å². The van der Waals surface area contributed by atoms with E-state index in [4.69, 9.17) is 0 Å². The number of benzene rings is 2. The van der Waals surface area contributed by atoms with E-state index in [0.717, 1.165) is 48.5 Å². The van der Waals surface area contributed by atoms with E-state index in [2.05, 4.69) is 0 Å². The predicted molar refractivity (Wildman–Crippen MR) is 126 cm³/mol. The van der Waals surface area contributed by atoms with Gasteiger partial charge in [0, 0.05) is 29.3 Å². The molecule has 3 nitrogen and oxygen atoms in total. The van der Waals surface area contributed by atoms with Crippen molar-refractivity contribution in [1.29, 1.82) is 0 Å². The number of halogens is 4. The average Bonchev–Trinajstić information content (AvgIpc) is 2.83. The topological polar surface area (TPSA) is 40.5 Å². The van der Waals surface area contributed by atoms with Gasteiger partial charge in [-0.05, 0) is 91.5 Å². The highest BCUT2D eigenvalue weighted by molar-refractivity contribution is 7.99. The number of hydrogen-bond acceptors (Lipinski definition) is 3. The molecule has 8 heteroatoms. The van der Waals surface area contributed by atoms with E-state index in [-0.39, 0.29) is 17.8 Å². The van der Waals surface area contributed by atoms with Crippen LogP contribution in [0.1, 0.15) is 61.6 Å². The van der Waals surface area contributed by atoms with E-state index in [1.807, 2.05) is 4.90 Å². The van der Waals surface area contributed by atoms with Crippen LogP contribution in [-0.2, 0) is 11.0 Å². The molecule has 2 aromatic rings. The summed E-state index contributed by atoms with van der Waals surface area (Å²) in [5, 5.41) is 9.69. The summed E-state index contributed by atoms with van der Waals surface area (Å²) in [6.07, 6.45) is 0.119. The predicted octanol–water partition coefficient (Wildman–Crippen LogP) is 6.67. The van der Waals surface area contributed by atoms with Crippen LogP contribution in [0, 0.1) is 11.7 Å². The zero-order valence-electron chi connectivity index (χ0n) is 19.2. The van der Waals surface area contributed by atoms with Gasteiger partial charge in [0.1, 0.15) is 5.82 Å². The third-order valence-corrected chi connectivity index (χ3v) is 8.50. The van der Waals surface area contributed by atoms with Gasteiger partial charge in [-0.15, -0.1) is 0 Å². The van der Waals surface area contributed by atoms with Crippen molar-refractivity contribution in [2.24, 2.45) is 5.92 Å². The maximum atomic E-state index is 14.0. The molecule has 1 saturated heterocycles. The highest BCUT2D eigenvalue weighted by atomic mass is 32.2. The van der Waals surface area contributed by atoms with Gasteiger partial charge in [0.15, 0.2) is 0 Å². The molecule has 1 saturated carbocycles. The molecule has 0 atom stereocenters. The van der Waals surface area contributed by atoms with E-state index >= 15 is 0 Å². The Labute approximate surface area is 206 Å². The molecular formula is C27H27F4NO2S. The van der Waals surface area contributed by atoms with Crippen LogP contribution in [-0.4, -0.2) is 35.1 Å². The van der Waals surface area contributed by atoms with E-state index in [1.54, 1.807) is 6.07 Å². The largest absolute Gasteiger partial charge is 0.416 e. The lowest BCUT2D eigenvalue weighted by Gasteiger charge is -2.34. The molecule has 0 unspecified atom stereocenters. The number of alkyl halides is 3. The van der Waals surface area contributed by atoms with Gasteiger partial charge in [-0.3, -0.25) is 4.79 Å². The zero-order chi connectivity index (χ0) is 24.7. The summed E-state index contributed by atoms with van der Waals surface area (Å²) in [6, 6.07) is 8.17. The summed E-state index contributed by atoms with van der Waals surface area (Å²) in [6.45, 7) is 1.04. The molecule has 0 bridgehead atoms. The Morgan fingerprint density at radius 3 is 2.37 bits per heavy atom. The number of amides is 1. The fraction of sp³-hybridized carbons (Fsp3) is 0.444. The molecule has 186 valence electrons. The monoisotopic (exact) mass is 505 g/mol. The Morgan fingerprint density at radius 2 is 1.69 bits per heavy atom. The number of piperidine rings is 1. The van der Waals surface area contributed by atoms with Crippen molar-refractivity contribution in [3.05, 3.63) is 64.5 Å². The van der Waals surface area contributed by atoms with E-state index in [0.29, 0.717) is 53.6 Å². The smallest absolute Gasteiger partial charge is 0.393 e. The fourth-order valence-electron chi connectivity index (χ4n) is 5.42. The number of aliphatic hydroxyl groups excluding tert-OH is 1. The highest BCUT2D eigenvalue weighted by Gasteiger charge is 2.34. The molecule has 3 aliphatic rings. The van der Waals surface area contributed by atoms with Crippen molar-refractivity contribution < 1.29 is 27.5 Å². The molecule has 0 radical (unpaired) electrons. The van der Waals surface area contributed by atoms with Crippen LogP contribution in [0.3, 0.4) is 0 Å². The van der Waals surface area contributed by atoms with E-state index < -0.39 is 11.7 Å². The van der Waals surface area contributed by atoms with Crippen LogP contribution in [0.4, 0.5) is 17.6 Å². The lowest BCUT2D eigenvalue weighted by molar-refractivity contribution is -0.137. The molecule has 35 heavy (non-hydrogen) atoms. The molecule has 1 amide bonds. The molecule has 0 aromatic heterocycles. The third kappa shape index (κ3) is 5.14. The number of hydrogen-bond donors (Lipinski definition) is 1. The van der Waals surface area contributed by atoms with Crippen LogP contribution < -0.4 is 0 Å². The normalized spacial score (nSPS) is 22.6. The van der Waals surface area contributed by atoms with Crippen molar-refractivity contribution in [3.8, 4) is 0 Å². The Bertz CT molecular complexity index is 1160. The Hall–Kier alpha value is -2.32. The molecule has 2 aromatic carbocycles. The van der Waals surface area contributed by atoms with E-state index in [9.17, 15) is 27.5 Å². The Kier molecular flexibility index (Phi) is 6.70. The summed E-state index contributed by atoms with van der Waals surface area (Å²) >= 11 is 1.28. The summed E-state index contributed by atoms with van der Waals surface area (Å²) < 4.78 is 54.5. The van der Waals surface area contributed by atoms with Crippen molar-refractivity contribution in [2.45, 2.75) is 67.0 Å². The van der Waals surface area contributed by atoms with Crippen LogP contribution in [0.15, 0.2) is 51.8 Å². The number of aliphatic hydroxyl groups is 1. The lowest BCUT2D eigenvalue weighted by atomic mass is 9.84. The first kappa shape index (κ1) is 24.4. The van der Waals surface area contributed by atoms with Crippen LogP contribution in [0.25, 0.3) is 5.57 Å². The molecule has 1 N–H and O–H groups in total. The van der Waals surface area contributed by atoms with Crippen LogP contribution in [0.5, 0.6) is 0 Å². The van der Waals surface area contributed by atoms with Crippen molar-refractivity contribution in [1.82, 2.24) is 4.90 Å². The molecular weight excluding hydrogens is 478 g/mol. The quantitative estimate of drug-likeness (QED) is 0.395. The van der Waals surface area contributed by atoms with Crippen molar-refractivity contribution >= 4 is 23.2 Å². The van der Waals surface area contributed by atoms with Crippen LogP contribution >= 0.6 is 11.8 Å². The first-order valence-corrected chi connectivity index (χ1v) is 12.9. The van der Waals surface area contributed by atoms with Gasteiger partial charge in [-0.1, -0.05) is 23.4 Å². The molecule has 0 spiro atoms. The summed E-state index contributed by atoms with van der Waals surface area (Å²) in [5.74, 6) is 0.0268. The second-order valence-electron chi connectivity index (χ2n) is 9.69. The maximum absolute atomic E-state index is 14.0. The number of carbonyl (C=O) groups excluding carboxylic acids is 1. The molecule has 1 aliphatic carbocycles. The molecule has 2 heterocycles. The second-order valence-corrected chi connectivity index (χ2v) is 10.8. The molecule has 5 rings (SSSR count). The van der Waals surface area contributed by atoms with Gasteiger partial charge in [0.25, 0.3) is 0 Å². The number of likely N-dealkylation sites (tertiary alicyclic amines) is 1. The van der Waals surface area contributed by atoms with Crippen molar-refractivity contribution in [3.63, 3.8) is 0 Å². The summed E-state index contributed by atoms with van der Waals surface area (Å²) in [7, 11) is 0. The summed E-state index contributed by atoms with van der Waals surface area (Å²) in [5.41, 5.74) is 2.32. The fourth-order valence-corrected chi connectivity index (χ4v) is 6.52. The third-order valence-electron chi connectivity index (χ3n) is 7.36. The average molecular weight is 506 g/mol. The van der Waals surface area contributed by atoms with Gasteiger partial charge < -0.3 is 10.0 Å². The van der Waals surface area contributed by atoms with Gasteiger partial charge in [0.2, 0.25) is 5.91 Å². The lowest BCUT2D eigenvalue weighted by Crippen LogP contribution is -2.38. The van der Waals surface area contributed by atoms with Crippen molar-refractivity contribution in [2.75, 3.05) is 13.1 Å². The number of rotatable bonds is 2. The Morgan fingerprint density at radius 1 is 0.971 bits per heavy atom. The first-order chi connectivity index (χ1) is 16.7.